The molecule has 0 unspecified atom stereocenters. The Bertz CT molecular complexity index is 991. The van der Waals surface area contributed by atoms with Crippen molar-refractivity contribution in [2.45, 2.75) is 11.7 Å². The second kappa shape index (κ2) is 9.74. The number of hydrogen-bond acceptors (Lipinski definition) is 7. The minimum Gasteiger partial charge on any atom is -0.497 e. The quantitative estimate of drug-likeness (QED) is 0.427. The van der Waals surface area contributed by atoms with Crippen LogP contribution in [0.25, 0.3) is 11.5 Å². The summed E-state index contributed by atoms with van der Waals surface area (Å²) in [6, 6.07) is 10.8. The van der Waals surface area contributed by atoms with Gasteiger partial charge in [0.15, 0.2) is 11.0 Å². The summed E-state index contributed by atoms with van der Waals surface area (Å²) in [5, 5.41) is 11.9. The molecule has 0 saturated heterocycles. The highest BCUT2D eigenvalue weighted by Crippen LogP contribution is 2.29. The molecule has 0 spiro atoms. The van der Waals surface area contributed by atoms with Crippen LogP contribution >= 0.6 is 11.8 Å². The summed E-state index contributed by atoms with van der Waals surface area (Å²) in [6.45, 7) is 4.30. The third-order valence-corrected chi connectivity index (χ3v) is 4.90. The van der Waals surface area contributed by atoms with Crippen molar-refractivity contribution in [2.75, 3.05) is 25.3 Å². The first-order valence-electron chi connectivity index (χ1n) is 8.76. The van der Waals surface area contributed by atoms with Gasteiger partial charge in [0.25, 0.3) is 0 Å². The van der Waals surface area contributed by atoms with Crippen LogP contribution in [0.1, 0.15) is 0 Å². The number of thioether (sulfide) groups is 1. The smallest absolute Gasteiger partial charge is 0.234 e. The van der Waals surface area contributed by atoms with Crippen molar-refractivity contribution < 1.29 is 14.3 Å². The van der Waals surface area contributed by atoms with Crippen molar-refractivity contribution in [3.8, 4) is 23.0 Å². The van der Waals surface area contributed by atoms with Crippen LogP contribution in [0, 0.1) is 0 Å². The summed E-state index contributed by atoms with van der Waals surface area (Å²) in [4.78, 5) is 16.8. The fourth-order valence-electron chi connectivity index (χ4n) is 2.59. The first-order valence-corrected chi connectivity index (χ1v) is 9.75. The van der Waals surface area contributed by atoms with Gasteiger partial charge < -0.3 is 14.8 Å². The lowest BCUT2D eigenvalue weighted by molar-refractivity contribution is -0.113. The topological polar surface area (TPSA) is 91.2 Å². The number of carbonyl (C=O) groups is 1. The molecule has 0 bridgehead atoms. The zero-order valence-corrected chi connectivity index (χ0v) is 17.0. The van der Waals surface area contributed by atoms with Crippen molar-refractivity contribution in [1.82, 2.24) is 19.7 Å². The highest BCUT2D eigenvalue weighted by atomic mass is 32.2. The fourth-order valence-corrected chi connectivity index (χ4v) is 3.34. The van der Waals surface area contributed by atoms with Crippen LogP contribution in [-0.2, 0) is 11.3 Å². The lowest BCUT2D eigenvalue weighted by Crippen LogP contribution is -2.15. The molecule has 0 aliphatic rings. The second-order valence-corrected chi connectivity index (χ2v) is 6.77. The van der Waals surface area contributed by atoms with Gasteiger partial charge in [-0.25, -0.2) is 0 Å². The SMILES string of the molecule is C=CCn1c(SCC(=O)Nc2ccc(OC)cc2OC)nnc1-c1ccccn1. The van der Waals surface area contributed by atoms with Gasteiger partial charge in [-0.15, -0.1) is 16.8 Å². The van der Waals surface area contributed by atoms with E-state index < -0.39 is 0 Å². The van der Waals surface area contributed by atoms with Crippen molar-refractivity contribution >= 4 is 23.4 Å². The molecule has 1 aromatic carbocycles. The predicted octanol–water partition coefficient (Wildman–Crippen LogP) is 3.27. The molecule has 9 heteroatoms. The van der Waals surface area contributed by atoms with E-state index in [9.17, 15) is 4.79 Å². The molecule has 0 saturated carbocycles. The van der Waals surface area contributed by atoms with Crippen molar-refractivity contribution in [3.05, 3.63) is 55.3 Å². The molecule has 3 aromatic rings. The highest BCUT2D eigenvalue weighted by Gasteiger charge is 2.16. The van der Waals surface area contributed by atoms with Crippen LogP contribution in [0.15, 0.2) is 60.4 Å². The maximum Gasteiger partial charge on any atom is 0.234 e. The average molecular weight is 411 g/mol. The number of pyridine rings is 1. The van der Waals surface area contributed by atoms with Crippen molar-refractivity contribution in [1.29, 1.82) is 0 Å². The van der Waals surface area contributed by atoms with Gasteiger partial charge in [-0.1, -0.05) is 23.9 Å². The average Bonchev–Trinajstić information content (AvgIpc) is 3.16. The van der Waals surface area contributed by atoms with Crippen LogP contribution in [0.3, 0.4) is 0 Å². The number of anilines is 1. The summed E-state index contributed by atoms with van der Waals surface area (Å²) in [6.07, 6.45) is 3.45. The molecule has 29 heavy (non-hydrogen) atoms. The molecule has 0 aliphatic heterocycles. The molecule has 0 radical (unpaired) electrons. The number of ether oxygens (including phenoxy) is 2. The van der Waals surface area contributed by atoms with Crippen molar-refractivity contribution in [2.24, 2.45) is 0 Å². The number of nitrogens with one attached hydrogen (secondary N) is 1. The lowest BCUT2D eigenvalue weighted by Gasteiger charge is -2.11. The number of carbonyl (C=O) groups excluding carboxylic acids is 1. The van der Waals surface area contributed by atoms with Crippen LogP contribution in [0.4, 0.5) is 5.69 Å². The Labute approximate surface area is 173 Å². The first kappa shape index (κ1) is 20.4. The number of rotatable bonds is 9. The Morgan fingerprint density at radius 3 is 2.79 bits per heavy atom. The van der Waals surface area contributed by atoms with Crippen LogP contribution < -0.4 is 14.8 Å². The number of nitrogens with zero attached hydrogens (tertiary/aromatic N) is 4. The number of aromatic nitrogens is 4. The predicted molar refractivity (Wildman–Crippen MR) is 112 cm³/mol. The number of methoxy groups -OCH3 is 2. The van der Waals surface area contributed by atoms with E-state index in [1.807, 2.05) is 22.8 Å². The molecule has 150 valence electrons. The third kappa shape index (κ3) is 4.94. The fraction of sp³-hybridized carbons (Fsp3) is 0.200. The molecular formula is C20H21N5O3S. The maximum absolute atomic E-state index is 12.4. The van der Waals surface area contributed by atoms with Gasteiger partial charge in [-0.05, 0) is 24.3 Å². The minimum atomic E-state index is -0.189. The summed E-state index contributed by atoms with van der Waals surface area (Å²) in [5.74, 6) is 1.77. The maximum atomic E-state index is 12.4. The zero-order valence-electron chi connectivity index (χ0n) is 16.2. The van der Waals surface area contributed by atoms with Crippen LogP contribution in [-0.4, -0.2) is 45.6 Å². The number of hydrogen-bond donors (Lipinski definition) is 1. The van der Waals surface area contributed by atoms with E-state index in [2.05, 4.69) is 27.1 Å². The minimum absolute atomic E-state index is 0.159. The normalized spacial score (nSPS) is 10.4. The molecular weight excluding hydrogens is 390 g/mol. The van der Waals surface area contributed by atoms with Gasteiger partial charge in [-0.3, -0.25) is 14.3 Å². The van der Waals surface area contributed by atoms with E-state index in [4.69, 9.17) is 9.47 Å². The Morgan fingerprint density at radius 2 is 2.10 bits per heavy atom. The highest BCUT2D eigenvalue weighted by molar-refractivity contribution is 7.99. The van der Waals surface area contributed by atoms with Crippen LogP contribution in [0.5, 0.6) is 11.5 Å². The van der Waals surface area contributed by atoms with E-state index in [-0.39, 0.29) is 11.7 Å². The van der Waals surface area contributed by atoms with Gasteiger partial charge in [-0.2, -0.15) is 0 Å². The van der Waals surface area contributed by atoms with E-state index >= 15 is 0 Å². The molecule has 2 heterocycles. The molecule has 3 rings (SSSR count). The van der Waals surface area contributed by atoms with E-state index in [0.717, 1.165) is 0 Å². The van der Waals surface area contributed by atoms with Gasteiger partial charge in [0.1, 0.15) is 17.2 Å². The van der Waals surface area contributed by atoms with Gasteiger partial charge >= 0.3 is 0 Å². The molecule has 0 atom stereocenters. The molecule has 0 fully saturated rings. The van der Waals surface area contributed by atoms with Gasteiger partial charge in [0.05, 0.1) is 25.7 Å². The standard InChI is InChI=1S/C20H21N5O3S/c1-4-11-25-19(16-7-5-6-10-21-16)23-24-20(25)29-13-18(26)22-15-9-8-14(27-2)12-17(15)28-3/h4-10,12H,1,11,13H2,2-3H3,(H,22,26). The molecule has 1 N–H and O–H groups in total. The van der Waals surface area contributed by atoms with E-state index in [1.165, 1.54) is 18.9 Å². The summed E-state index contributed by atoms with van der Waals surface area (Å²) < 4.78 is 12.4. The summed E-state index contributed by atoms with van der Waals surface area (Å²) >= 11 is 1.29. The van der Waals surface area contributed by atoms with Crippen LogP contribution in [0.2, 0.25) is 0 Å². The van der Waals surface area contributed by atoms with Gasteiger partial charge in [0, 0.05) is 18.8 Å². The third-order valence-electron chi connectivity index (χ3n) is 3.94. The summed E-state index contributed by atoms with van der Waals surface area (Å²) in [5.41, 5.74) is 1.28. The van der Waals surface area contributed by atoms with E-state index in [1.54, 1.807) is 37.6 Å². The molecule has 0 aliphatic carbocycles. The Hall–Kier alpha value is -3.33. The Balaban J connectivity index is 1.71. The lowest BCUT2D eigenvalue weighted by atomic mass is 10.2. The second-order valence-electron chi connectivity index (χ2n) is 5.82. The number of benzene rings is 1. The summed E-state index contributed by atoms with van der Waals surface area (Å²) in [7, 11) is 3.11. The molecule has 8 nitrogen and oxygen atoms in total. The van der Waals surface area contributed by atoms with E-state index in [0.29, 0.717) is 40.4 Å². The largest absolute Gasteiger partial charge is 0.497 e. The Morgan fingerprint density at radius 1 is 1.24 bits per heavy atom. The van der Waals surface area contributed by atoms with Gasteiger partial charge in [0.2, 0.25) is 5.91 Å². The van der Waals surface area contributed by atoms with Crippen molar-refractivity contribution in [3.63, 3.8) is 0 Å². The molecule has 1 amide bonds. The number of allylic oxidation sites excluding steroid dienone is 1. The first-order chi connectivity index (χ1) is 14.2. The Kier molecular flexibility index (Phi) is 6.85. The molecule has 2 aromatic heterocycles. The number of amides is 1. The monoisotopic (exact) mass is 411 g/mol. The zero-order chi connectivity index (χ0) is 20.6.